The summed E-state index contributed by atoms with van der Waals surface area (Å²) in [7, 11) is 0. The van der Waals surface area contributed by atoms with Crippen molar-refractivity contribution in [3.05, 3.63) is 71.8 Å². The van der Waals surface area contributed by atoms with E-state index in [1.807, 2.05) is 43.3 Å². The predicted molar refractivity (Wildman–Crippen MR) is 85.2 cm³/mol. The van der Waals surface area contributed by atoms with Gasteiger partial charge in [-0.15, -0.1) is 0 Å². The van der Waals surface area contributed by atoms with Crippen LogP contribution in [0.5, 0.6) is 5.75 Å². The molecule has 21 heavy (non-hydrogen) atoms. The van der Waals surface area contributed by atoms with Crippen LogP contribution >= 0.6 is 0 Å². The van der Waals surface area contributed by atoms with Crippen molar-refractivity contribution < 1.29 is 9.53 Å². The molecule has 0 fully saturated rings. The molecule has 0 aliphatic heterocycles. The van der Waals surface area contributed by atoms with E-state index in [4.69, 9.17) is 4.74 Å². The Kier molecular flexibility index (Phi) is 5.37. The Morgan fingerprint density at radius 3 is 2.48 bits per heavy atom. The van der Waals surface area contributed by atoms with Crippen molar-refractivity contribution in [1.29, 1.82) is 0 Å². The summed E-state index contributed by atoms with van der Waals surface area (Å²) >= 11 is 0. The van der Waals surface area contributed by atoms with Crippen LogP contribution in [0.1, 0.15) is 22.8 Å². The van der Waals surface area contributed by atoms with Gasteiger partial charge in [0.15, 0.2) is 0 Å². The van der Waals surface area contributed by atoms with Gasteiger partial charge in [0.25, 0.3) is 0 Å². The van der Waals surface area contributed by atoms with Crippen LogP contribution in [0.2, 0.25) is 0 Å². The maximum atomic E-state index is 11.9. The standard InChI is InChI=1S/C19H16O2/c1-2-21-18-14-12-17(13-15-18)19(20)11-7-6-10-16-8-4-3-5-9-16/h3-6,8-10,12-15H,2H2,1H3/b10-6+. The minimum absolute atomic E-state index is 0.198. The maximum Gasteiger partial charge on any atom is 0.236 e. The number of ether oxygens (including phenoxy) is 1. The number of allylic oxidation sites excluding steroid dienone is 1. The third-order valence-corrected chi connectivity index (χ3v) is 2.77. The highest BCUT2D eigenvalue weighted by Crippen LogP contribution is 2.12. The molecule has 2 aromatic rings. The number of Topliss-reactive ketones (excluding diaryl/α,β-unsaturated/α-hetero) is 1. The number of benzene rings is 2. The van der Waals surface area contributed by atoms with Crippen molar-refractivity contribution in [3.8, 4) is 17.6 Å². The lowest BCUT2D eigenvalue weighted by Gasteiger charge is -2.02. The first kappa shape index (κ1) is 14.6. The Labute approximate surface area is 125 Å². The fourth-order valence-corrected chi connectivity index (χ4v) is 1.75. The summed E-state index contributed by atoms with van der Waals surface area (Å²) in [6.45, 7) is 2.53. The van der Waals surface area contributed by atoms with E-state index in [0.29, 0.717) is 12.2 Å². The third kappa shape index (κ3) is 4.67. The number of hydrogen-bond donors (Lipinski definition) is 0. The van der Waals surface area contributed by atoms with Crippen LogP contribution in [0, 0.1) is 11.8 Å². The van der Waals surface area contributed by atoms with Gasteiger partial charge in [0.1, 0.15) is 5.75 Å². The zero-order valence-electron chi connectivity index (χ0n) is 11.9. The van der Waals surface area contributed by atoms with E-state index in [0.717, 1.165) is 11.3 Å². The van der Waals surface area contributed by atoms with E-state index < -0.39 is 0 Å². The van der Waals surface area contributed by atoms with Crippen LogP contribution in [0.4, 0.5) is 0 Å². The molecule has 0 bridgehead atoms. The molecule has 0 heterocycles. The quantitative estimate of drug-likeness (QED) is 0.479. The summed E-state index contributed by atoms with van der Waals surface area (Å²) in [5, 5.41) is 0. The molecule has 0 amide bonds. The van der Waals surface area contributed by atoms with Crippen molar-refractivity contribution in [1.82, 2.24) is 0 Å². The minimum Gasteiger partial charge on any atom is -0.494 e. The third-order valence-electron chi connectivity index (χ3n) is 2.77. The summed E-state index contributed by atoms with van der Waals surface area (Å²) < 4.78 is 5.33. The average Bonchev–Trinajstić information content (AvgIpc) is 2.53. The molecule has 2 heteroatoms. The first-order valence-corrected chi connectivity index (χ1v) is 6.80. The van der Waals surface area contributed by atoms with Crippen LogP contribution in [0.3, 0.4) is 0 Å². The number of rotatable bonds is 4. The van der Waals surface area contributed by atoms with Gasteiger partial charge >= 0.3 is 0 Å². The highest BCUT2D eigenvalue weighted by Gasteiger charge is 2.01. The molecule has 0 aliphatic carbocycles. The molecule has 0 spiro atoms. The van der Waals surface area contributed by atoms with Crippen molar-refractivity contribution in [2.75, 3.05) is 6.61 Å². The van der Waals surface area contributed by atoms with Crippen molar-refractivity contribution in [2.45, 2.75) is 6.92 Å². The second-order valence-electron chi connectivity index (χ2n) is 4.30. The molecule has 2 nitrogen and oxygen atoms in total. The molecule has 2 aromatic carbocycles. The van der Waals surface area contributed by atoms with E-state index in [2.05, 4.69) is 11.8 Å². The molecule has 0 radical (unpaired) electrons. The summed E-state index contributed by atoms with van der Waals surface area (Å²) in [6.07, 6.45) is 3.56. The molecule has 0 atom stereocenters. The Morgan fingerprint density at radius 2 is 1.81 bits per heavy atom. The Hall–Kier alpha value is -2.79. The topological polar surface area (TPSA) is 26.3 Å². The minimum atomic E-state index is -0.198. The molecule has 2 rings (SSSR count). The SMILES string of the molecule is CCOc1ccc(C(=O)C#C/C=C/c2ccccc2)cc1. The van der Waals surface area contributed by atoms with Gasteiger partial charge in [0, 0.05) is 5.56 Å². The number of ketones is 1. The first-order chi connectivity index (χ1) is 10.3. The van der Waals surface area contributed by atoms with E-state index >= 15 is 0 Å². The van der Waals surface area contributed by atoms with Gasteiger partial charge in [0.05, 0.1) is 6.61 Å². The molecule has 0 N–H and O–H groups in total. The number of carbonyl (C=O) groups excluding carboxylic acids is 1. The Bertz CT molecular complexity index is 671. The van der Waals surface area contributed by atoms with Gasteiger partial charge in [-0.25, -0.2) is 0 Å². The monoisotopic (exact) mass is 276 g/mol. The zero-order valence-corrected chi connectivity index (χ0v) is 11.9. The normalized spacial score (nSPS) is 9.95. The lowest BCUT2D eigenvalue weighted by Crippen LogP contribution is -1.96. The Morgan fingerprint density at radius 1 is 1.10 bits per heavy atom. The van der Waals surface area contributed by atoms with Crippen LogP contribution in [-0.4, -0.2) is 12.4 Å². The van der Waals surface area contributed by atoms with E-state index in [1.54, 1.807) is 30.3 Å². The van der Waals surface area contributed by atoms with Gasteiger partial charge in [0.2, 0.25) is 5.78 Å². The molecule has 0 saturated carbocycles. The van der Waals surface area contributed by atoms with Gasteiger partial charge < -0.3 is 4.74 Å². The number of carbonyl (C=O) groups is 1. The second-order valence-corrected chi connectivity index (χ2v) is 4.30. The van der Waals surface area contributed by atoms with Crippen LogP contribution in [0.25, 0.3) is 6.08 Å². The van der Waals surface area contributed by atoms with E-state index in [-0.39, 0.29) is 5.78 Å². The predicted octanol–water partition coefficient (Wildman–Crippen LogP) is 3.98. The molecular weight excluding hydrogens is 260 g/mol. The summed E-state index contributed by atoms with van der Waals surface area (Å²) in [5.41, 5.74) is 1.62. The molecule has 0 aliphatic rings. The lowest BCUT2D eigenvalue weighted by molar-refractivity contribution is 0.105. The van der Waals surface area contributed by atoms with Crippen molar-refractivity contribution >= 4 is 11.9 Å². The van der Waals surface area contributed by atoms with Crippen molar-refractivity contribution in [3.63, 3.8) is 0 Å². The largest absolute Gasteiger partial charge is 0.494 e. The Balaban J connectivity index is 1.98. The fourth-order valence-electron chi connectivity index (χ4n) is 1.75. The van der Waals surface area contributed by atoms with Crippen LogP contribution < -0.4 is 4.74 Å². The molecule has 0 saturated heterocycles. The van der Waals surface area contributed by atoms with Gasteiger partial charge in [-0.1, -0.05) is 36.3 Å². The number of hydrogen-bond acceptors (Lipinski definition) is 2. The zero-order chi connectivity index (χ0) is 14.9. The lowest BCUT2D eigenvalue weighted by atomic mass is 10.1. The summed E-state index contributed by atoms with van der Waals surface area (Å²) in [4.78, 5) is 11.9. The first-order valence-electron chi connectivity index (χ1n) is 6.80. The molecule has 0 unspecified atom stereocenters. The highest BCUT2D eigenvalue weighted by atomic mass is 16.5. The van der Waals surface area contributed by atoms with Gasteiger partial charge in [-0.3, -0.25) is 4.79 Å². The highest BCUT2D eigenvalue weighted by molar-refractivity contribution is 6.09. The van der Waals surface area contributed by atoms with Gasteiger partial charge in [-0.05, 0) is 54.8 Å². The van der Waals surface area contributed by atoms with E-state index in [9.17, 15) is 4.79 Å². The molecule has 0 aromatic heterocycles. The summed E-state index contributed by atoms with van der Waals surface area (Å²) in [5.74, 6) is 5.92. The van der Waals surface area contributed by atoms with Gasteiger partial charge in [-0.2, -0.15) is 0 Å². The van der Waals surface area contributed by atoms with E-state index in [1.165, 1.54) is 0 Å². The smallest absolute Gasteiger partial charge is 0.236 e. The van der Waals surface area contributed by atoms with Crippen LogP contribution in [0.15, 0.2) is 60.7 Å². The fraction of sp³-hybridized carbons (Fsp3) is 0.105. The second kappa shape index (κ2) is 7.72. The average molecular weight is 276 g/mol. The maximum absolute atomic E-state index is 11.9. The molecule has 104 valence electrons. The van der Waals surface area contributed by atoms with Crippen LogP contribution in [-0.2, 0) is 0 Å². The molecular formula is C19H16O2. The van der Waals surface area contributed by atoms with Crippen molar-refractivity contribution in [2.24, 2.45) is 0 Å². The summed E-state index contributed by atoms with van der Waals surface area (Å²) in [6, 6.07) is 16.8.